The average Bonchev–Trinajstić information content (AvgIpc) is 2.91. The number of primary amides is 1. The second-order valence-corrected chi connectivity index (χ2v) is 10.9. The highest BCUT2D eigenvalue weighted by atomic mass is 16.4. The third kappa shape index (κ3) is 15.7. The fourth-order valence-corrected chi connectivity index (χ4v) is 3.79. The fraction of sp³-hybridized carbons (Fsp3) is 0.654. The van der Waals surface area contributed by atoms with Crippen LogP contribution in [0.3, 0.4) is 0 Å². The number of rotatable bonds is 21. The summed E-state index contributed by atoms with van der Waals surface area (Å²) < 4.78 is 0. The van der Waals surface area contributed by atoms with Crippen LogP contribution >= 0.6 is 0 Å². The number of aliphatic carboxylic acids is 3. The van der Waals surface area contributed by atoms with Crippen LogP contribution in [-0.4, -0.2) is 116 Å². The maximum Gasteiger partial charge on any atom is 0.326 e. The van der Waals surface area contributed by atoms with Gasteiger partial charge < -0.3 is 58.5 Å². The molecule has 0 aliphatic rings. The first-order valence-corrected chi connectivity index (χ1v) is 14.1. The van der Waals surface area contributed by atoms with E-state index in [2.05, 4.69) is 21.3 Å². The zero-order chi connectivity index (χ0) is 35.9. The van der Waals surface area contributed by atoms with Crippen molar-refractivity contribution in [3.05, 3.63) is 0 Å². The van der Waals surface area contributed by atoms with Crippen LogP contribution in [0.4, 0.5) is 0 Å². The van der Waals surface area contributed by atoms with E-state index in [9.17, 15) is 53.4 Å². The SMILES string of the molecule is CC(C)C[C@H](NC(=O)[C@@H](N)CC(=O)O)C(=O)N[C@@H](CC(N)=O)C(=O)N[C@@H](C)C(=O)N[C@H](C(=O)N[C@@H](CCC(=O)O)C(=O)O)[C@@H](C)O. The third-order valence-corrected chi connectivity index (χ3v) is 6.19. The van der Waals surface area contributed by atoms with E-state index in [0.29, 0.717) is 0 Å². The van der Waals surface area contributed by atoms with Crippen molar-refractivity contribution in [1.82, 2.24) is 26.6 Å². The Morgan fingerprint density at radius 2 is 1.15 bits per heavy atom. The quantitative estimate of drug-likeness (QED) is 0.0552. The highest BCUT2D eigenvalue weighted by molar-refractivity contribution is 5.98. The van der Waals surface area contributed by atoms with E-state index in [1.165, 1.54) is 0 Å². The summed E-state index contributed by atoms with van der Waals surface area (Å²) in [6.45, 7) is 5.65. The summed E-state index contributed by atoms with van der Waals surface area (Å²) in [6, 6.07) is -9.35. The van der Waals surface area contributed by atoms with Gasteiger partial charge in [0.2, 0.25) is 35.4 Å². The van der Waals surface area contributed by atoms with Crippen molar-refractivity contribution in [1.29, 1.82) is 0 Å². The summed E-state index contributed by atoms with van der Waals surface area (Å²) in [5, 5.41) is 47.9. The molecule has 0 radical (unpaired) electrons. The number of nitrogens with two attached hydrogens (primary N) is 2. The maximum absolute atomic E-state index is 13.0. The van der Waals surface area contributed by atoms with Crippen molar-refractivity contribution in [2.75, 3.05) is 0 Å². The zero-order valence-corrected chi connectivity index (χ0v) is 25.8. The van der Waals surface area contributed by atoms with Crippen molar-refractivity contribution in [3.8, 4) is 0 Å². The van der Waals surface area contributed by atoms with Crippen LogP contribution in [0.2, 0.25) is 0 Å². The molecule has 0 aliphatic heterocycles. The third-order valence-electron chi connectivity index (χ3n) is 6.19. The minimum absolute atomic E-state index is 0.0168. The molecule has 20 nitrogen and oxygen atoms in total. The van der Waals surface area contributed by atoms with E-state index in [4.69, 9.17) is 21.7 Å². The molecule has 7 atom stereocenters. The van der Waals surface area contributed by atoms with Gasteiger partial charge in [0, 0.05) is 6.42 Å². The predicted octanol–water partition coefficient (Wildman–Crippen LogP) is -4.52. The maximum atomic E-state index is 13.0. The molecule has 260 valence electrons. The van der Waals surface area contributed by atoms with Crippen molar-refractivity contribution in [3.63, 3.8) is 0 Å². The first kappa shape index (κ1) is 41.1. The molecule has 0 saturated heterocycles. The summed E-state index contributed by atoms with van der Waals surface area (Å²) in [4.78, 5) is 109. The molecule has 13 N–H and O–H groups in total. The van der Waals surface area contributed by atoms with Gasteiger partial charge in [-0.15, -0.1) is 0 Å². The van der Waals surface area contributed by atoms with Crippen LogP contribution in [0.5, 0.6) is 0 Å². The number of carboxylic acids is 3. The lowest BCUT2D eigenvalue weighted by Gasteiger charge is -2.26. The molecule has 0 heterocycles. The first-order chi connectivity index (χ1) is 21.2. The summed E-state index contributed by atoms with van der Waals surface area (Å²) in [5.41, 5.74) is 10.8. The summed E-state index contributed by atoms with van der Waals surface area (Å²) in [5.74, 6) is -10.7. The number of hydrogen-bond acceptors (Lipinski definition) is 11. The summed E-state index contributed by atoms with van der Waals surface area (Å²) in [6.07, 6.45) is -4.14. The number of carbonyl (C=O) groups is 9. The number of amides is 6. The molecule has 0 unspecified atom stereocenters. The Morgan fingerprint density at radius 1 is 0.630 bits per heavy atom. The van der Waals surface area contributed by atoms with E-state index in [-0.39, 0.29) is 12.3 Å². The molecule has 0 bridgehead atoms. The molecule has 0 saturated carbocycles. The Morgan fingerprint density at radius 3 is 1.61 bits per heavy atom. The minimum Gasteiger partial charge on any atom is -0.481 e. The monoisotopic (exact) mass is 661 g/mol. The lowest BCUT2D eigenvalue weighted by atomic mass is 10.0. The molecule has 0 aliphatic carbocycles. The van der Waals surface area contributed by atoms with E-state index in [0.717, 1.165) is 13.8 Å². The topological polar surface area (TPSA) is 347 Å². The van der Waals surface area contributed by atoms with Crippen molar-refractivity contribution >= 4 is 53.4 Å². The van der Waals surface area contributed by atoms with Gasteiger partial charge in [0.15, 0.2) is 0 Å². The van der Waals surface area contributed by atoms with Gasteiger partial charge in [-0.25, -0.2) is 4.79 Å². The van der Waals surface area contributed by atoms with E-state index in [1.54, 1.807) is 13.8 Å². The standard InChI is InChI=1S/C26H43N7O13/c1-10(2)7-15(31-22(41)13(27)8-19(38)39)24(43)32-16(9-17(28)35)23(42)29-11(3)21(40)33-20(12(4)34)25(44)30-14(26(45)46)5-6-18(36)37/h10-16,20,34H,5-9,27H2,1-4H3,(H2,28,35)(H,29,42)(H,30,44)(H,31,41)(H,32,43)(H,33,40)(H,36,37)(H,38,39)(H,45,46)/t11-,12+,13-,14-,15-,16-,20-/m0/s1. The molecule has 6 amide bonds. The number of carbonyl (C=O) groups excluding carboxylic acids is 6. The normalized spacial score (nSPS) is 15.5. The largest absolute Gasteiger partial charge is 0.481 e. The smallest absolute Gasteiger partial charge is 0.326 e. The number of aliphatic hydroxyl groups excluding tert-OH is 1. The Balaban J connectivity index is 5.70. The Bertz CT molecular complexity index is 1160. The first-order valence-electron chi connectivity index (χ1n) is 14.1. The fourth-order valence-electron chi connectivity index (χ4n) is 3.79. The Hall–Kier alpha value is -4.85. The molecule has 46 heavy (non-hydrogen) atoms. The second kappa shape index (κ2) is 19.5. The minimum atomic E-state index is -1.74. The van der Waals surface area contributed by atoms with Gasteiger partial charge in [-0.05, 0) is 32.6 Å². The number of nitrogens with one attached hydrogen (secondary N) is 5. The molecule has 0 rings (SSSR count). The average molecular weight is 662 g/mol. The number of aliphatic hydroxyl groups is 1. The van der Waals surface area contributed by atoms with E-state index in [1.807, 2.05) is 5.32 Å². The highest BCUT2D eigenvalue weighted by Gasteiger charge is 2.34. The van der Waals surface area contributed by atoms with Crippen molar-refractivity contribution < 1.29 is 63.6 Å². The van der Waals surface area contributed by atoms with Crippen LogP contribution in [0.25, 0.3) is 0 Å². The Labute approximate surface area is 263 Å². The Kier molecular flexibility index (Phi) is 17.5. The van der Waals surface area contributed by atoms with Crippen LogP contribution in [-0.2, 0) is 43.2 Å². The molecule has 0 fully saturated rings. The zero-order valence-electron chi connectivity index (χ0n) is 25.8. The number of hydrogen-bond donors (Lipinski definition) is 11. The second-order valence-electron chi connectivity index (χ2n) is 10.9. The highest BCUT2D eigenvalue weighted by Crippen LogP contribution is 2.08. The van der Waals surface area contributed by atoms with Gasteiger partial charge >= 0.3 is 17.9 Å². The summed E-state index contributed by atoms with van der Waals surface area (Å²) >= 11 is 0. The van der Waals surface area contributed by atoms with Crippen molar-refractivity contribution in [2.24, 2.45) is 17.4 Å². The molecular formula is C26H43N7O13. The van der Waals surface area contributed by atoms with Crippen molar-refractivity contribution in [2.45, 2.75) is 102 Å². The summed E-state index contributed by atoms with van der Waals surface area (Å²) in [7, 11) is 0. The number of carboxylic acid groups (broad SMARTS) is 3. The van der Waals surface area contributed by atoms with Crippen LogP contribution in [0, 0.1) is 5.92 Å². The molecule has 20 heteroatoms. The lowest BCUT2D eigenvalue weighted by Crippen LogP contribution is -2.60. The van der Waals surface area contributed by atoms with Gasteiger partial charge in [-0.3, -0.25) is 38.4 Å². The predicted molar refractivity (Wildman–Crippen MR) is 155 cm³/mol. The molecule has 0 spiro atoms. The van der Waals surface area contributed by atoms with E-state index < -0.39 is 121 Å². The van der Waals surface area contributed by atoms with Crippen LogP contribution in [0.1, 0.15) is 59.8 Å². The van der Waals surface area contributed by atoms with Gasteiger partial charge in [0.1, 0.15) is 30.2 Å². The van der Waals surface area contributed by atoms with Gasteiger partial charge in [-0.2, -0.15) is 0 Å². The van der Waals surface area contributed by atoms with Gasteiger partial charge in [0.25, 0.3) is 0 Å². The molecule has 0 aromatic rings. The molecule has 0 aromatic carbocycles. The van der Waals surface area contributed by atoms with Gasteiger partial charge in [0.05, 0.1) is 25.0 Å². The lowest BCUT2D eigenvalue weighted by molar-refractivity contribution is -0.144. The molecular weight excluding hydrogens is 618 g/mol. The van der Waals surface area contributed by atoms with Gasteiger partial charge in [-0.1, -0.05) is 13.8 Å². The van der Waals surface area contributed by atoms with E-state index >= 15 is 0 Å². The van der Waals surface area contributed by atoms with Crippen LogP contribution < -0.4 is 38.1 Å². The van der Waals surface area contributed by atoms with Crippen LogP contribution in [0.15, 0.2) is 0 Å². The molecule has 0 aromatic heterocycles.